The minimum Gasteiger partial charge on any atom is -0.462 e. The molecule has 1 spiro atoms. The molecule has 4 aliphatic rings. The highest BCUT2D eigenvalue weighted by atomic mass is 16.6. The minimum atomic E-state index is -0.979. The van der Waals surface area contributed by atoms with Crippen molar-refractivity contribution in [3.63, 3.8) is 0 Å². The number of rotatable bonds is 3. The lowest BCUT2D eigenvalue weighted by Gasteiger charge is -2.54. The largest absolute Gasteiger partial charge is 0.462 e. The molecule has 0 unspecified atom stereocenters. The molecule has 0 bridgehead atoms. The van der Waals surface area contributed by atoms with Crippen LogP contribution in [0.4, 0.5) is 0 Å². The Kier molecular flexibility index (Phi) is 6.59. The number of hydrogen-bond acceptors (Lipinski definition) is 9. The van der Waals surface area contributed by atoms with Crippen LogP contribution in [0.1, 0.15) is 67.2 Å². The second-order valence-corrected chi connectivity index (χ2v) is 10.4. The van der Waals surface area contributed by atoms with E-state index in [9.17, 15) is 19.2 Å². The van der Waals surface area contributed by atoms with Crippen LogP contribution in [0.25, 0.3) is 0 Å². The van der Waals surface area contributed by atoms with Crippen LogP contribution in [0, 0.1) is 11.3 Å². The molecule has 4 rings (SSSR count). The molecule has 9 heteroatoms. The maximum absolute atomic E-state index is 12.7. The quantitative estimate of drug-likeness (QED) is 0.255. The molecule has 1 saturated heterocycles. The van der Waals surface area contributed by atoms with Crippen LogP contribution in [0.3, 0.4) is 0 Å². The van der Waals surface area contributed by atoms with E-state index in [0.29, 0.717) is 43.4 Å². The van der Waals surface area contributed by atoms with Gasteiger partial charge in [-0.1, -0.05) is 12.5 Å². The Morgan fingerprint density at radius 2 is 1.54 bits per heavy atom. The lowest BCUT2D eigenvalue weighted by molar-refractivity contribution is -0.209. The van der Waals surface area contributed by atoms with Gasteiger partial charge in [0, 0.05) is 37.8 Å². The average Bonchev–Trinajstić information content (AvgIpc) is 3.45. The van der Waals surface area contributed by atoms with Gasteiger partial charge in [0.15, 0.2) is 0 Å². The van der Waals surface area contributed by atoms with Crippen LogP contribution in [0.15, 0.2) is 22.8 Å². The summed E-state index contributed by atoms with van der Waals surface area (Å²) in [5, 5.41) is 0. The fourth-order valence-corrected chi connectivity index (χ4v) is 6.41. The standard InChI is InChI=1S/C26H34O9/c1-13-7-8-19(32-15(3)27)25(6)20(33-16(4)28)9-10-26(12-31-26)23(25)22(34-17(5)29)21-14(2)24(30)35-18(21)11-13/h11,18-20,22-23H,7-10,12H2,1-6H3/b13-11-/t18-,19-,20-,22+,23+,25-,26-/m0/s1. The Bertz CT molecular complexity index is 1000. The Balaban J connectivity index is 1.98. The SMILES string of the molecule is CC(=O)O[C@@H]1C2=C(C)C(=O)O[C@H]2/C=C(/C)CC[C@H](OC(C)=O)[C@@]2(C)[C@@H](OC(C)=O)CC[C@]3(CO3)[C@H]12. The number of allylic oxidation sites excluding steroid dienone is 1. The van der Waals surface area contributed by atoms with Crippen molar-refractivity contribution in [1.82, 2.24) is 0 Å². The van der Waals surface area contributed by atoms with Crippen molar-refractivity contribution in [1.29, 1.82) is 0 Å². The summed E-state index contributed by atoms with van der Waals surface area (Å²) >= 11 is 0. The zero-order chi connectivity index (χ0) is 25.7. The molecule has 0 radical (unpaired) electrons. The van der Waals surface area contributed by atoms with Gasteiger partial charge in [0.1, 0.15) is 24.4 Å². The monoisotopic (exact) mass is 490 g/mol. The van der Waals surface area contributed by atoms with Crippen LogP contribution in [0.2, 0.25) is 0 Å². The second-order valence-electron chi connectivity index (χ2n) is 10.4. The summed E-state index contributed by atoms with van der Waals surface area (Å²) in [6.07, 6.45) is 1.07. The molecular weight excluding hydrogens is 456 g/mol. The first kappa shape index (κ1) is 25.4. The predicted octanol–water partition coefficient (Wildman–Crippen LogP) is 2.95. The molecule has 1 saturated carbocycles. The third-order valence-corrected chi connectivity index (χ3v) is 8.00. The molecular formula is C26H34O9. The number of carbonyl (C=O) groups excluding carboxylic acids is 4. The molecule has 9 nitrogen and oxygen atoms in total. The summed E-state index contributed by atoms with van der Waals surface area (Å²) in [4.78, 5) is 49.6. The molecule has 7 atom stereocenters. The first-order chi connectivity index (χ1) is 16.4. The van der Waals surface area contributed by atoms with Gasteiger partial charge in [-0.15, -0.1) is 0 Å². The number of fused-ring (bicyclic) bond motifs is 3. The normalized spacial score (nSPS) is 40.0. The lowest BCUT2D eigenvalue weighted by atomic mass is 9.54. The first-order valence-electron chi connectivity index (χ1n) is 12.1. The molecule has 192 valence electrons. The van der Waals surface area contributed by atoms with Gasteiger partial charge in [-0.25, -0.2) is 4.79 Å². The van der Waals surface area contributed by atoms with Crippen molar-refractivity contribution in [2.24, 2.45) is 11.3 Å². The maximum atomic E-state index is 12.7. The van der Waals surface area contributed by atoms with Crippen LogP contribution in [0.5, 0.6) is 0 Å². The van der Waals surface area contributed by atoms with Crippen LogP contribution >= 0.6 is 0 Å². The number of ether oxygens (including phenoxy) is 5. The third kappa shape index (κ3) is 4.50. The highest BCUT2D eigenvalue weighted by molar-refractivity contribution is 5.92. The van der Waals surface area contributed by atoms with Crippen LogP contribution < -0.4 is 0 Å². The Morgan fingerprint density at radius 1 is 0.971 bits per heavy atom. The van der Waals surface area contributed by atoms with Crippen LogP contribution in [-0.2, 0) is 42.9 Å². The molecule has 0 aromatic rings. The molecule has 0 amide bonds. The number of epoxide rings is 1. The maximum Gasteiger partial charge on any atom is 0.334 e. The van der Waals surface area contributed by atoms with Gasteiger partial charge in [0.25, 0.3) is 0 Å². The lowest BCUT2D eigenvalue weighted by Crippen LogP contribution is -2.63. The van der Waals surface area contributed by atoms with E-state index in [2.05, 4.69) is 0 Å². The summed E-state index contributed by atoms with van der Waals surface area (Å²) in [5.74, 6) is -2.46. The molecule has 35 heavy (non-hydrogen) atoms. The van der Waals surface area contributed by atoms with Gasteiger partial charge in [-0.2, -0.15) is 0 Å². The average molecular weight is 491 g/mol. The molecule has 2 aliphatic carbocycles. The highest BCUT2D eigenvalue weighted by Gasteiger charge is 2.70. The van der Waals surface area contributed by atoms with Crippen molar-refractivity contribution in [3.8, 4) is 0 Å². The van der Waals surface area contributed by atoms with Gasteiger partial charge >= 0.3 is 23.9 Å². The predicted molar refractivity (Wildman–Crippen MR) is 122 cm³/mol. The first-order valence-corrected chi connectivity index (χ1v) is 12.1. The molecule has 0 aromatic heterocycles. The fourth-order valence-electron chi connectivity index (χ4n) is 6.41. The summed E-state index contributed by atoms with van der Waals surface area (Å²) in [7, 11) is 0. The summed E-state index contributed by atoms with van der Waals surface area (Å²) < 4.78 is 29.5. The topological polar surface area (TPSA) is 118 Å². The third-order valence-electron chi connectivity index (χ3n) is 8.00. The van der Waals surface area contributed by atoms with Crippen molar-refractivity contribution >= 4 is 23.9 Å². The Hall–Kier alpha value is -2.68. The minimum absolute atomic E-state index is 0.377. The Morgan fingerprint density at radius 3 is 2.09 bits per heavy atom. The summed E-state index contributed by atoms with van der Waals surface area (Å²) in [6, 6.07) is 0. The molecule has 2 fully saturated rings. The molecule has 2 heterocycles. The number of esters is 4. The van der Waals surface area contributed by atoms with Crippen molar-refractivity contribution < 1.29 is 42.9 Å². The van der Waals surface area contributed by atoms with Gasteiger partial charge < -0.3 is 23.7 Å². The van der Waals surface area contributed by atoms with E-state index in [0.717, 1.165) is 5.57 Å². The summed E-state index contributed by atoms with van der Waals surface area (Å²) in [6.45, 7) is 9.93. The van der Waals surface area contributed by atoms with Gasteiger partial charge in [0.2, 0.25) is 0 Å². The zero-order valence-electron chi connectivity index (χ0n) is 21.2. The van der Waals surface area contributed by atoms with E-state index in [1.807, 2.05) is 19.9 Å². The van der Waals surface area contributed by atoms with Crippen molar-refractivity contribution in [3.05, 3.63) is 22.8 Å². The van der Waals surface area contributed by atoms with E-state index in [-0.39, 0.29) is 0 Å². The molecule has 2 aliphatic heterocycles. The van der Waals surface area contributed by atoms with E-state index in [4.69, 9.17) is 23.7 Å². The fraction of sp³-hybridized carbons (Fsp3) is 0.692. The smallest absolute Gasteiger partial charge is 0.334 e. The van der Waals surface area contributed by atoms with Gasteiger partial charge in [0.05, 0.1) is 17.6 Å². The highest BCUT2D eigenvalue weighted by Crippen LogP contribution is 2.61. The van der Waals surface area contributed by atoms with Crippen LogP contribution in [-0.4, -0.2) is 60.5 Å². The summed E-state index contributed by atoms with van der Waals surface area (Å²) in [5.41, 5.74) is 0.219. The number of carbonyl (C=O) groups is 4. The molecule has 0 aromatic carbocycles. The van der Waals surface area contributed by atoms with E-state index in [1.165, 1.54) is 20.8 Å². The van der Waals surface area contributed by atoms with E-state index >= 15 is 0 Å². The number of hydrogen-bond donors (Lipinski definition) is 0. The van der Waals surface area contributed by atoms with Gasteiger partial charge in [-0.3, -0.25) is 14.4 Å². The molecule has 0 N–H and O–H groups in total. The van der Waals surface area contributed by atoms with E-state index < -0.39 is 65.2 Å². The van der Waals surface area contributed by atoms with Gasteiger partial charge in [-0.05, 0) is 45.6 Å². The second kappa shape index (κ2) is 9.08. The Labute approximate surface area is 205 Å². The zero-order valence-corrected chi connectivity index (χ0v) is 21.2. The van der Waals surface area contributed by atoms with E-state index in [1.54, 1.807) is 6.92 Å². The van der Waals surface area contributed by atoms with Crippen molar-refractivity contribution in [2.45, 2.75) is 97.2 Å². The van der Waals surface area contributed by atoms with Crippen molar-refractivity contribution in [2.75, 3.05) is 6.61 Å².